The fourth-order valence-electron chi connectivity index (χ4n) is 2.26. The number of pyridine rings is 1. The van der Waals surface area contributed by atoms with Gasteiger partial charge in [-0.15, -0.1) is 0 Å². The summed E-state index contributed by atoms with van der Waals surface area (Å²) < 4.78 is 5.25. The molecular formula is C18H18ClNO3. The number of hydrogen-bond donors (Lipinski definition) is 0. The lowest BCUT2D eigenvalue weighted by atomic mass is 9.96. The minimum Gasteiger partial charge on any atom is -0.451 e. The number of nitrogens with zero attached hydrogens (tertiary/aromatic N) is 1. The monoisotopic (exact) mass is 331 g/mol. The van der Waals surface area contributed by atoms with Gasteiger partial charge >= 0.3 is 5.97 Å². The van der Waals surface area contributed by atoms with E-state index in [2.05, 4.69) is 4.98 Å². The average molecular weight is 332 g/mol. The number of carbonyl (C=O) groups is 2. The van der Waals surface area contributed by atoms with Crippen LogP contribution in [0.2, 0.25) is 5.15 Å². The van der Waals surface area contributed by atoms with Crippen molar-refractivity contribution in [2.75, 3.05) is 0 Å². The second-order valence-corrected chi connectivity index (χ2v) is 5.86. The predicted molar refractivity (Wildman–Crippen MR) is 89.1 cm³/mol. The molecular weight excluding hydrogens is 314 g/mol. The number of rotatable bonds is 4. The maximum Gasteiger partial charge on any atom is 0.341 e. The number of ketones is 1. The molecule has 0 N–H and O–H groups in total. The first-order valence-corrected chi connectivity index (χ1v) is 7.62. The smallest absolute Gasteiger partial charge is 0.341 e. The summed E-state index contributed by atoms with van der Waals surface area (Å²) in [6.45, 7) is 7.35. The van der Waals surface area contributed by atoms with Crippen LogP contribution in [0.3, 0.4) is 0 Å². The van der Waals surface area contributed by atoms with E-state index in [1.165, 1.54) is 12.3 Å². The van der Waals surface area contributed by atoms with E-state index in [0.29, 0.717) is 5.56 Å². The van der Waals surface area contributed by atoms with Crippen molar-refractivity contribution in [1.82, 2.24) is 4.98 Å². The molecule has 2 aromatic rings. The van der Waals surface area contributed by atoms with Crippen molar-refractivity contribution in [3.63, 3.8) is 0 Å². The molecule has 4 nitrogen and oxygen atoms in total. The molecule has 120 valence electrons. The van der Waals surface area contributed by atoms with Crippen molar-refractivity contribution in [2.24, 2.45) is 0 Å². The second-order valence-electron chi connectivity index (χ2n) is 5.50. The van der Waals surface area contributed by atoms with Crippen molar-refractivity contribution in [3.05, 3.63) is 63.4 Å². The Morgan fingerprint density at radius 1 is 1.09 bits per heavy atom. The number of esters is 1. The third-order valence-electron chi connectivity index (χ3n) is 3.74. The number of halogens is 1. The van der Waals surface area contributed by atoms with Gasteiger partial charge in [0, 0.05) is 11.8 Å². The minimum absolute atomic E-state index is 0.0551. The molecule has 5 heteroatoms. The lowest BCUT2D eigenvalue weighted by Gasteiger charge is -2.15. The molecule has 1 heterocycles. The largest absolute Gasteiger partial charge is 0.451 e. The van der Waals surface area contributed by atoms with Gasteiger partial charge < -0.3 is 4.74 Å². The second kappa shape index (κ2) is 6.92. The Kier molecular flexibility index (Phi) is 5.16. The molecule has 0 spiro atoms. The lowest BCUT2D eigenvalue weighted by molar-refractivity contribution is 0.0318. The zero-order valence-electron chi connectivity index (χ0n) is 13.5. The standard InChI is InChI=1S/C18H18ClNO3/c1-10-8-12(3)15(9-11(10)2)16(21)13(4)23-18(22)14-6-5-7-20-17(14)19/h5-9,13H,1-4H3/t13-/m1/s1. The quantitative estimate of drug-likeness (QED) is 0.481. The molecule has 0 bridgehead atoms. The molecule has 0 radical (unpaired) electrons. The summed E-state index contributed by atoms with van der Waals surface area (Å²) in [5.74, 6) is -0.899. The van der Waals surface area contributed by atoms with Gasteiger partial charge in [0.05, 0.1) is 5.56 Å². The molecule has 0 aliphatic heterocycles. The maximum atomic E-state index is 12.6. The fourth-order valence-corrected chi connectivity index (χ4v) is 2.46. The molecule has 0 aliphatic rings. The highest BCUT2D eigenvalue weighted by Gasteiger charge is 2.23. The Morgan fingerprint density at radius 3 is 2.39 bits per heavy atom. The van der Waals surface area contributed by atoms with E-state index in [-0.39, 0.29) is 16.5 Å². The minimum atomic E-state index is -0.903. The lowest BCUT2D eigenvalue weighted by Crippen LogP contribution is -2.25. The highest BCUT2D eigenvalue weighted by atomic mass is 35.5. The van der Waals surface area contributed by atoms with Gasteiger partial charge in [-0.25, -0.2) is 9.78 Å². The van der Waals surface area contributed by atoms with Crippen LogP contribution in [0.4, 0.5) is 0 Å². The molecule has 1 aromatic carbocycles. The number of benzene rings is 1. The van der Waals surface area contributed by atoms with Crippen LogP contribution < -0.4 is 0 Å². The first-order chi connectivity index (χ1) is 10.8. The molecule has 1 atom stereocenters. The van der Waals surface area contributed by atoms with E-state index in [1.54, 1.807) is 13.0 Å². The van der Waals surface area contributed by atoms with Crippen LogP contribution in [0.1, 0.15) is 44.3 Å². The third kappa shape index (κ3) is 3.77. The predicted octanol–water partition coefficient (Wildman–Crippen LogP) is 4.09. The number of Topliss-reactive ketones (excluding diaryl/α,β-unsaturated/α-hetero) is 1. The van der Waals surface area contributed by atoms with Crippen LogP contribution >= 0.6 is 11.6 Å². The molecule has 0 fully saturated rings. The number of ether oxygens (including phenoxy) is 1. The third-order valence-corrected chi connectivity index (χ3v) is 4.04. The summed E-state index contributed by atoms with van der Waals surface area (Å²) in [4.78, 5) is 28.5. The summed E-state index contributed by atoms with van der Waals surface area (Å²) in [6.07, 6.45) is 0.575. The van der Waals surface area contributed by atoms with Gasteiger partial charge in [-0.05, 0) is 62.6 Å². The van der Waals surface area contributed by atoms with E-state index >= 15 is 0 Å². The van der Waals surface area contributed by atoms with Crippen LogP contribution in [0.5, 0.6) is 0 Å². The van der Waals surface area contributed by atoms with Crippen LogP contribution in [0.25, 0.3) is 0 Å². The zero-order valence-corrected chi connectivity index (χ0v) is 14.3. The Morgan fingerprint density at radius 2 is 1.74 bits per heavy atom. The molecule has 0 saturated heterocycles. The van der Waals surface area contributed by atoms with Gasteiger partial charge in [0.25, 0.3) is 0 Å². The molecule has 1 aromatic heterocycles. The van der Waals surface area contributed by atoms with E-state index < -0.39 is 12.1 Å². The van der Waals surface area contributed by atoms with Gasteiger partial charge in [-0.2, -0.15) is 0 Å². The van der Waals surface area contributed by atoms with Gasteiger partial charge in [0.2, 0.25) is 5.78 Å². The normalized spacial score (nSPS) is 11.9. The highest BCUT2D eigenvalue weighted by molar-refractivity contribution is 6.32. The maximum absolute atomic E-state index is 12.6. The van der Waals surface area contributed by atoms with Gasteiger partial charge in [0.1, 0.15) is 5.15 Å². The van der Waals surface area contributed by atoms with Crippen molar-refractivity contribution in [2.45, 2.75) is 33.8 Å². The average Bonchev–Trinajstić information content (AvgIpc) is 2.50. The van der Waals surface area contributed by atoms with Crippen LogP contribution in [0.15, 0.2) is 30.5 Å². The summed E-state index contributed by atoms with van der Waals surface area (Å²) in [7, 11) is 0. The molecule has 0 unspecified atom stereocenters. The summed E-state index contributed by atoms with van der Waals surface area (Å²) in [5.41, 5.74) is 3.70. The van der Waals surface area contributed by atoms with Crippen molar-refractivity contribution < 1.29 is 14.3 Å². The first kappa shape index (κ1) is 17.2. The van der Waals surface area contributed by atoms with Crippen LogP contribution in [-0.2, 0) is 4.74 Å². The van der Waals surface area contributed by atoms with Gasteiger partial charge in [0.15, 0.2) is 6.10 Å². The summed E-state index contributed by atoms with van der Waals surface area (Å²) in [6, 6.07) is 6.88. The molecule has 23 heavy (non-hydrogen) atoms. The summed E-state index contributed by atoms with van der Waals surface area (Å²) >= 11 is 5.87. The first-order valence-electron chi connectivity index (χ1n) is 7.24. The van der Waals surface area contributed by atoms with Crippen molar-refractivity contribution in [1.29, 1.82) is 0 Å². The molecule has 0 aliphatic carbocycles. The summed E-state index contributed by atoms with van der Waals surface area (Å²) in [5, 5.41) is 0.0551. The van der Waals surface area contributed by atoms with E-state index in [1.807, 2.05) is 32.9 Å². The number of carbonyl (C=O) groups excluding carboxylic acids is 2. The number of hydrogen-bond acceptors (Lipinski definition) is 4. The van der Waals surface area contributed by atoms with E-state index in [0.717, 1.165) is 16.7 Å². The fraction of sp³-hybridized carbons (Fsp3) is 0.278. The SMILES string of the molecule is Cc1cc(C)c(C(=O)[C@@H](C)OC(=O)c2cccnc2Cl)cc1C. The van der Waals surface area contributed by atoms with E-state index in [4.69, 9.17) is 16.3 Å². The van der Waals surface area contributed by atoms with Crippen LogP contribution in [0, 0.1) is 20.8 Å². The highest BCUT2D eigenvalue weighted by Crippen LogP contribution is 2.19. The Bertz CT molecular complexity index is 771. The zero-order chi connectivity index (χ0) is 17.1. The Hall–Kier alpha value is -2.20. The Balaban J connectivity index is 2.19. The number of aryl methyl sites for hydroxylation is 3. The van der Waals surface area contributed by atoms with Crippen molar-refractivity contribution in [3.8, 4) is 0 Å². The van der Waals surface area contributed by atoms with Gasteiger partial charge in [-0.1, -0.05) is 17.7 Å². The van der Waals surface area contributed by atoms with E-state index in [9.17, 15) is 9.59 Å². The van der Waals surface area contributed by atoms with Crippen LogP contribution in [-0.4, -0.2) is 22.8 Å². The molecule has 2 rings (SSSR count). The molecule has 0 saturated carbocycles. The Labute approximate surface area is 140 Å². The number of aromatic nitrogens is 1. The molecule has 0 amide bonds. The van der Waals surface area contributed by atoms with Crippen molar-refractivity contribution >= 4 is 23.4 Å². The van der Waals surface area contributed by atoms with Gasteiger partial charge in [-0.3, -0.25) is 4.79 Å². The topological polar surface area (TPSA) is 56.3 Å².